The first-order valence-electron chi connectivity index (χ1n) is 7.62. The van der Waals surface area contributed by atoms with Crippen LogP contribution in [0.2, 0.25) is 0 Å². The van der Waals surface area contributed by atoms with Crippen LogP contribution in [0.5, 0.6) is 5.75 Å². The Kier molecular flexibility index (Phi) is 4.76. The van der Waals surface area contributed by atoms with Crippen LogP contribution in [-0.2, 0) is 0 Å². The summed E-state index contributed by atoms with van der Waals surface area (Å²) < 4.78 is 10.6. The summed E-state index contributed by atoms with van der Waals surface area (Å²) in [6.07, 6.45) is 0. The number of methoxy groups -OCH3 is 1. The molecule has 0 saturated carbocycles. The van der Waals surface area contributed by atoms with Crippen LogP contribution in [0.15, 0.2) is 74.0 Å². The number of anilines is 1. The summed E-state index contributed by atoms with van der Waals surface area (Å²) in [6, 6.07) is 17.5. The molecule has 1 aromatic heterocycles. The van der Waals surface area contributed by atoms with Crippen molar-refractivity contribution in [3.63, 3.8) is 0 Å². The van der Waals surface area contributed by atoms with Crippen LogP contribution in [0.4, 0.5) is 17.3 Å². The lowest BCUT2D eigenvalue weighted by Gasteiger charge is -2.06. The SMILES string of the molecule is COc1ccc(N=Nc2c(-c3ccccc3)oc(N)c(C#N)c2=O)cc1. The summed E-state index contributed by atoms with van der Waals surface area (Å²) in [7, 11) is 1.56. The molecule has 2 N–H and O–H groups in total. The monoisotopic (exact) mass is 346 g/mol. The van der Waals surface area contributed by atoms with Gasteiger partial charge in [-0.25, -0.2) is 0 Å². The van der Waals surface area contributed by atoms with Crippen molar-refractivity contribution in [2.75, 3.05) is 12.8 Å². The molecule has 2 aromatic carbocycles. The van der Waals surface area contributed by atoms with E-state index in [-0.39, 0.29) is 22.9 Å². The Labute approximate surface area is 149 Å². The number of azo groups is 1. The highest BCUT2D eigenvalue weighted by Gasteiger charge is 2.19. The molecular formula is C19H14N4O3. The van der Waals surface area contributed by atoms with Crippen LogP contribution in [0.25, 0.3) is 11.3 Å². The zero-order chi connectivity index (χ0) is 18.5. The van der Waals surface area contributed by atoms with Gasteiger partial charge < -0.3 is 14.9 Å². The maximum Gasteiger partial charge on any atom is 0.233 e. The first kappa shape index (κ1) is 16.9. The van der Waals surface area contributed by atoms with E-state index in [9.17, 15) is 4.79 Å². The molecular weight excluding hydrogens is 332 g/mol. The van der Waals surface area contributed by atoms with Gasteiger partial charge in [0.1, 0.15) is 11.8 Å². The predicted octanol–water partition coefficient (Wildman–Crippen LogP) is 4.18. The highest BCUT2D eigenvalue weighted by Crippen LogP contribution is 2.31. The van der Waals surface area contributed by atoms with Gasteiger partial charge in [0.15, 0.2) is 17.0 Å². The zero-order valence-corrected chi connectivity index (χ0v) is 13.8. The Morgan fingerprint density at radius 3 is 2.38 bits per heavy atom. The van der Waals surface area contributed by atoms with Gasteiger partial charge in [0, 0.05) is 5.56 Å². The van der Waals surface area contributed by atoms with E-state index in [1.807, 2.05) is 6.07 Å². The molecule has 0 fully saturated rings. The van der Waals surface area contributed by atoms with Gasteiger partial charge in [-0.15, -0.1) is 5.11 Å². The summed E-state index contributed by atoms with van der Waals surface area (Å²) in [5.41, 5.74) is 5.80. The van der Waals surface area contributed by atoms with E-state index >= 15 is 0 Å². The first-order chi connectivity index (χ1) is 12.6. The molecule has 0 spiro atoms. The highest BCUT2D eigenvalue weighted by atomic mass is 16.5. The molecule has 128 valence electrons. The van der Waals surface area contributed by atoms with E-state index in [1.165, 1.54) is 0 Å². The van der Waals surface area contributed by atoms with Gasteiger partial charge in [0.2, 0.25) is 11.3 Å². The maximum atomic E-state index is 12.6. The standard InChI is InChI=1S/C19H14N4O3/c1-25-14-9-7-13(8-10-14)22-23-16-17(24)15(11-20)19(21)26-18(16)12-5-3-2-4-6-12/h2-10H,21H2,1H3. The molecule has 0 aliphatic carbocycles. The van der Waals surface area contributed by atoms with Crippen molar-refractivity contribution in [3.8, 4) is 23.1 Å². The summed E-state index contributed by atoms with van der Waals surface area (Å²) in [4.78, 5) is 12.6. The van der Waals surface area contributed by atoms with Crippen molar-refractivity contribution < 1.29 is 9.15 Å². The van der Waals surface area contributed by atoms with Gasteiger partial charge in [0.05, 0.1) is 12.8 Å². The van der Waals surface area contributed by atoms with E-state index in [0.29, 0.717) is 17.0 Å². The molecule has 0 amide bonds. The molecule has 0 bridgehead atoms. The smallest absolute Gasteiger partial charge is 0.233 e. The van der Waals surface area contributed by atoms with Gasteiger partial charge in [0.25, 0.3) is 0 Å². The number of hydrogen-bond acceptors (Lipinski definition) is 7. The van der Waals surface area contributed by atoms with Crippen molar-refractivity contribution in [1.82, 2.24) is 0 Å². The maximum absolute atomic E-state index is 12.6. The number of hydrogen-bond donors (Lipinski definition) is 1. The van der Waals surface area contributed by atoms with Gasteiger partial charge in [-0.2, -0.15) is 10.4 Å². The van der Waals surface area contributed by atoms with E-state index in [4.69, 9.17) is 20.1 Å². The van der Waals surface area contributed by atoms with Gasteiger partial charge in [-0.1, -0.05) is 30.3 Å². The fourth-order valence-electron chi connectivity index (χ4n) is 2.28. The molecule has 3 rings (SSSR count). The molecule has 0 aliphatic heterocycles. The minimum atomic E-state index is -0.632. The molecule has 7 heteroatoms. The number of nitrogens with two attached hydrogens (primary N) is 1. The number of benzene rings is 2. The van der Waals surface area contributed by atoms with Crippen LogP contribution in [0, 0.1) is 11.3 Å². The third-order valence-corrected chi connectivity index (χ3v) is 3.60. The lowest BCUT2D eigenvalue weighted by atomic mass is 10.1. The molecule has 26 heavy (non-hydrogen) atoms. The van der Waals surface area contributed by atoms with Crippen molar-refractivity contribution in [3.05, 3.63) is 70.4 Å². The molecule has 0 radical (unpaired) electrons. The lowest BCUT2D eigenvalue weighted by molar-refractivity contribution is 0.415. The Hall–Kier alpha value is -3.92. The van der Waals surface area contributed by atoms with Gasteiger partial charge in [-0.3, -0.25) is 4.79 Å². The molecule has 0 aliphatic rings. The molecule has 0 saturated heterocycles. The van der Waals surface area contributed by atoms with E-state index in [1.54, 1.807) is 61.7 Å². The third kappa shape index (κ3) is 3.30. The molecule has 3 aromatic rings. The Morgan fingerprint density at radius 2 is 1.77 bits per heavy atom. The van der Waals surface area contributed by atoms with Crippen molar-refractivity contribution in [2.24, 2.45) is 10.2 Å². The number of nitrogens with zero attached hydrogens (tertiary/aromatic N) is 3. The van der Waals surface area contributed by atoms with Crippen LogP contribution >= 0.6 is 0 Å². The van der Waals surface area contributed by atoms with Gasteiger partial charge >= 0.3 is 0 Å². The Bertz CT molecular complexity index is 1050. The second-order valence-electron chi connectivity index (χ2n) is 5.22. The summed E-state index contributed by atoms with van der Waals surface area (Å²) in [5.74, 6) is 0.580. The number of nitrogen functional groups attached to an aromatic ring is 1. The van der Waals surface area contributed by atoms with Crippen LogP contribution in [-0.4, -0.2) is 7.11 Å². The van der Waals surface area contributed by atoms with Crippen LogP contribution in [0.1, 0.15) is 5.56 Å². The summed E-state index contributed by atoms with van der Waals surface area (Å²) >= 11 is 0. The minimum Gasteiger partial charge on any atom is -0.497 e. The minimum absolute atomic E-state index is 0.0854. The van der Waals surface area contributed by atoms with Crippen molar-refractivity contribution in [2.45, 2.75) is 0 Å². The second-order valence-corrected chi connectivity index (χ2v) is 5.22. The average Bonchev–Trinajstić information content (AvgIpc) is 2.68. The molecule has 0 unspecified atom stereocenters. The van der Waals surface area contributed by atoms with Crippen LogP contribution < -0.4 is 15.9 Å². The fourth-order valence-corrected chi connectivity index (χ4v) is 2.28. The predicted molar refractivity (Wildman–Crippen MR) is 96.7 cm³/mol. The average molecular weight is 346 g/mol. The summed E-state index contributed by atoms with van der Waals surface area (Å²) in [5, 5.41) is 17.2. The largest absolute Gasteiger partial charge is 0.497 e. The molecule has 0 atom stereocenters. The van der Waals surface area contributed by atoms with Gasteiger partial charge in [-0.05, 0) is 24.3 Å². The Morgan fingerprint density at radius 1 is 1.08 bits per heavy atom. The van der Waals surface area contributed by atoms with Crippen LogP contribution in [0.3, 0.4) is 0 Å². The van der Waals surface area contributed by atoms with E-state index in [0.717, 1.165) is 0 Å². The summed E-state index contributed by atoms with van der Waals surface area (Å²) in [6.45, 7) is 0. The Balaban J connectivity index is 2.13. The number of rotatable bonds is 4. The first-order valence-corrected chi connectivity index (χ1v) is 7.62. The molecule has 7 nitrogen and oxygen atoms in total. The van der Waals surface area contributed by atoms with Crippen molar-refractivity contribution in [1.29, 1.82) is 5.26 Å². The third-order valence-electron chi connectivity index (χ3n) is 3.60. The number of nitriles is 1. The van der Waals surface area contributed by atoms with E-state index < -0.39 is 5.43 Å². The topological polar surface area (TPSA) is 114 Å². The lowest BCUT2D eigenvalue weighted by Crippen LogP contribution is -2.10. The zero-order valence-electron chi connectivity index (χ0n) is 13.8. The molecule has 1 heterocycles. The van der Waals surface area contributed by atoms with E-state index in [2.05, 4.69) is 10.2 Å². The second kappa shape index (κ2) is 7.32. The normalized spacial score (nSPS) is 10.6. The quantitative estimate of drug-likeness (QED) is 0.712. The fraction of sp³-hybridized carbons (Fsp3) is 0.0526. The van der Waals surface area contributed by atoms with Crippen molar-refractivity contribution >= 4 is 17.3 Å². The number of ether oxygens (including phenoxy) is 1. The highest BCUT2D eigenvalue weighted by molar-refractivity contribution is 5.73.